The van der Waals surface area contributed by atoms with E-state index in [1.165, 1.54) is 27.7 Å². The molecular formula is C8H18N2O6S2. The molecule has 2 N–H and O–H groups in total. The Morgan fingerprint density at radius 2 is 1.00 bits per heavy atom. The largest absolute Gasteiger partial charge is 0.285 e. The van der Waals surface area contributed by atoms with Gasteiger partial charge in [0.1, 0.15) is 11.5 Å². The van der Waals surface area contributed by atoms with Crippen molar-refractivity contribution in [2.45, 2.75) is 38.8 Å². The highest BCUT2D eigenvalue weighted by Crippen LogP contribution is 2.18. The first kappa shape index (κ1) is 17.4. The molecule has 0 aromatic carbocycles. The van der Waals surface area contributed by atoms with Gasteiger partial charge < -0.3 is 0 Å². The van der Waals surface area contributed by atoms with Gasteiger partial charge in [-0.25, -0.2) is 0 Å². The van der Waals surface area contributed by atoms with Gasteiger partial charge >= 0.3 is 0 Å². The second-order valence-electron chi connectivity index (χ2n) is 5.28. The van der Waals surface area contributed by atoms with Crippen LogP contribution in [0.1, 0.15) is 27.7 Å². The fourth-order valence-electron chi connectivity index (χ4n) is 1.22. The maximum atomic E-state index is 10.7. The van der Waals surface area contributed by atoms with Crippen LogP contribution in [-0.2, 0) is 20.2 Å². The van der Waals surface area contributed by atoms with Crippen molar-refractivity contribution in [3.05, 3.63) is 0 Å². The summed E-state index contributed by atoms with van der Waals surface area (Å²) in [5, 5.41) is 7.42. The molecule has 8 nitrogen and oxygen atoms in total. The van der Waals surface area contributed by atoms with E-state index in [9.17, 15) is 16.8 Å². The molecule has 0 spiro atoms. The van der Waals surface area contributed by atoms with Crippen LogP contribution in [0, 0.1) is 0 Å². The highest BCUT2D eigenvalue weighted by molar-refractivity contribution is 7.86. The van der Waals surface area contributed by atoms with E-state index in [0.717, 1.165) is 0 Å². The van der Waals surface area contributed by atoms with Crippen molar-refractivity contribution in [1.29, 1.82) is 0 Å². The first-order valence-corrected chi connectivity index (χ1v) is 8.18. The van der Waals surface area contributed by atoms with Crippen LogP contribution in [-0.4, -0.2) is 48.5 Å². The number of hydrogen-bond acceptors (Lipinski definition) is 6. The summed E-state index contributed by atoms with van der Waals surface area (Å²) in [4.78, 5) is 0. The highest BCUT2D eigenvalue weighted by Gasteiger charge is 2.28. The third-order valence-corrected chi connectivity index (χ3v) is 3.81. The first-order valence-electron chi connectivity index (χ1n) is 4.96. The van der Waals surface area contributed by atoms with E-state index in [-0.39, 0.29) is 0 Å². The maximum absolute atomic E-state index is 10.7. The van der Waals surface area contributed by atoms with Crippen LogP contribution in [0.4, 0.5) is 0 Å². The quantitative estimate of drug-likeness (QED) is 0.550. The molecule has 10 heteroatoms. The Labute approximate surface area is 107 Å². The lowest BCUT2D eigenvalue weighted by Crippen LogP contribution is -2.31. The van der Waals surface area contributed by atoms with Crippen LogP contribution in [0.5, 0.6) is 0 Å². The van der Waals surface area contributed by atoms with Crippen LogP contribution < -0.4 is 0 Å². The lowest BCUT2D eigenvalue weighted by molar-refractivity contribution is 0.422. The summed E-state index contributed by atoms with van der Waals surface area (Å²) in [5.41, 5.74) is -2.38. The number of nitrogens with zero attached hydrogens (tertiary/aromatic N) is 2. The Morgan fingerprint density at radius 3 is 1.17 bits per heavy atom. The van der Waals surface area contributed by atoms with Gasteiger partial charge in [-0.1, -0.05) is 0 Å². The minimum atomic E-state index is -4.21. The minimum Gasteiger partial charge on any atom is -0.285 e. The van der Waals surface area contributed by atoms with E-state index in [0.29, 0.717) is 0 Å². The molecule has 108 valence electrons. The smallest absolute Gasteiger partial charge is 0.267 e. The molecule has 0 amide bonds. The Balaban J connectivity index is 4.93. The summed E-state index contributed by atoms with van der Waals surface area (Å²) in [5.74, 6) is -1.27. The van der Waals surface area contributed by atoms with E-state index in [4.69, 9.17) is 9.11 Å². The van der Waals surface area contributed by atoms with Gasteiger partial charge in [0.05, 0.1) is 11.1 Å². The topological polar surface area (TPSA) is 133 Å². The second-order valence-corrected chi connectivity index (χ2v) is 8.18. The zero-order valence-electron chi connectivity index (χ0n) is 10.7. The molecule has 0 aliphatic rings. The van der Waals surface area contributed by atoms with E-state index in [1.54, 1.807) is 0 Å². The molecule has 0 bridgehead atoms. The Bertz CT molecular complexity index is 470. The molecule has 0 aliphatic carbocycles. The first-order chi connectivity index (χ1) is 7.62. The molecule has 0 aliphatic heterocycles. The zero-order chi connectivity index (χ0) is 14.8. The SMILES string of the molecule is CC(C)(CS(=O)(=O)O)N=NC(C)(C)CS(=O)(=O)O. The summed E-state index contributed by atoms with van der Waals surface area (Å²) in [6.07, 6.45) is 0. The maximum Gasteiger partial charge on any atom is 0.267 e. The van der Waals surface area contributed by atoms with Gasteiger partial charge in [-0.3, -0.25) is 9.11 Å². The molecule has 0 fully saturated rings. The van der Waals surface area contributed by atoms with E-state index >= 15 is 0 Å². The molecule has 0 aromatic heterocycles. The molecule has 18 heavy (non-hydrogen) atoms. The summed E-state index contributed by atoms with van der Waals surface area (Å²) >= 11 is 0. The third-order valence-electron chi connectivity index (χ3n) is 1.66. The van der Waals surface area contributed by atoms with Gasteiger partial charge in [-0.15, -0.1) is 0 Å². The van der Waals surface area contributed by atoms with Crippen molar-refractivity contribution in [2.24, 2.45) is 10.2 Å². The van der Waals surface area contributed by atoms with Crippen molar-refractivity contribution < 1.29 is 25.9 Å². The molecule has 0 rings (SSSR count). The van der Waals surface area contributed by atoms with Crippen LogP contribution in [0.2, 0.25) is 0 Å². The average Bonchev–Trinajstić information content (AvgIpc) is 1.91. The van der Waals surface area contributed by atoms with Crippen LogP contribution >= 0.6 is 0 Å². The zero-order valence-corrected chi connectivity index (χ0v) is 12.3. The molecule has 0 saturated heterocycles. The number of hydrogen-bond donors (Lipinski definition) is 2. The van der Waals surface area contributed by atoms with Crippen molar-refractivity contribution >= 4 is 20.2 Å². The molecule has 0 aromatic rings. The summed E-state index contributed by atoms with van der Waals surface area (Å²) < 4.78 is 60.3. The lowest BCUT2D eigenvalue weighted by Gasteiger charge is -2.21. The van der Waals surface area contributed by atoms with E-state index in [1.807, 2.05) is 0 Å². The minimum absolute atomic E-state index is 0.633. The fourth-order valence-corrected chi connectivity index (χ4v) is 3.12. The van der Waals surface area contributed by atoms with Gasteiger partial charge in [-0.2, -0.15) is 27.1 Å². The summed E-state index contributed by atoms with van der Waals surface area (Å²) in [6, 6.07) is 0. The van der Waals surface area contributed by atoms with Crippen molar-refractivity contribution in [3.63, 3.8) is 0 Å². The van der Waals surface area contributed by atoms with Crippen molar-refractivity contribution in [1.82, 2.24) is 0 Å². The predicted molar refractivity (Wildman–Crippen MR) is 65.8 cm³/mol. The number of rotatable bonds is 6. The molecule has 0 radical (unpaired) electrons. The summed E-state index contributed by atoms with van der Waals surface area (Å²) in [6.45, 7) is 5.70. The molecule has 0 heterocycles. The fraction of sp³-hybridized carbons (Fsp3) is 1.00. The van der Waals surface area contributed by atoms with Gasteiger partial charge in [0.25, 0.3) is 20.2 Å². The highest BCUT2D eigenvalue weighted by atomic mass is 32.2. The predicted octanol–water partition coefficient (Wildman–Crippen LogP) is 0.771. The van der Waals surface area contributed by atoms with Crippen molar-refractivity contribution in [3.8, 4) is 0 Å². The second kappa shape index (κ2) is 5.19. The lowest BCUT2D eigenvalue weighted by atomic mass is 10.1. The van der Waals surface area contributed by atoms with E-state index < -0.39 is 42.8 Å². The average molecular weight is 302 g/mol. The van der Waals surface area contributed by atoms with Crippen LogP contribution in [0.25, 0.3) is 0 Å². The molecule has 0 unspecified atom stereocenters. The van der Waals surface area contributed by atoms with Gasteiger partial charge in [0.15, 0.2) is 0 Å². The normalized spacial score (nSPS) is 15.2. The molecular weight excluding hydrogens is 284 g/mol. The number of azo groups is 1. The van der Waals surface area contributed by atoms with E-state index in [2.05, 4.69) is 10.2 Å². The van der Waals surface area contributed by atoms with Crippen LogP contribution in [0.3, 0.4) is 0 Å². The monoisotopic (exact) mass is 302 g/mol. The Hall–Kier alpha value is -0.580. The van der Waals surface area contributed by atoms with Gasteiger partial charge in [0, 0.05) is 0 Å². The van der Waals surface area contributed by atoms with Gasteiger partial charge in [0.2, 0.25) is 0 Å². The van der Waals surface area contributed by atoms with Crippen LogP contribution in [0.15, 0.2) is 10.2 Å². The summed E-state index contributed by atoms with van der Waals surface area (Å²) in [7, 11) is -8.41. The van der Waals surface area contributed by atoms with Gasteiger partial charge in [-0.05, 0) is 27.7 Å². The third kappa shape index (κ3) is 9.45. The molecule has 0 atom stereocenters. The molecule has 0 saturated carbocycles. The Kier molecular flexibility index (Phi) is 5.03. The Morgan fingerprint density at radius 1 is 0.778 bits per heavy atom. The van der Waals surface area contributed by atoms with Crippen molar-refractivity contribution in [2.75, 3.05) is 11.5 Å². The standard InChI is InChI=1S/C8H18N2O6S2/c1-7(2,5-17(11,12)13)9-10-8(3,4)6-18(14,15)16/h5-6H2,1-4H3,(H,11,12,13)(H,14,15,16).